The molecule has 9 heteroatoms. The molecular formula is C24H34N4O5. The summed E-state index contributed by atoms with van der Waals surface area (Å²) < 4.78 is 15.9. The van der Waals surface area contributed by atoms with Crippen LogP contribution in [0.3, 0.4) is 0 Å². The van der Waals surface area contributed by atoms with Crippen molar-refractivity contribution in [1.82, 2.24) is 10.6 Å². The Morgan fingerprint density at radius 1 is 0.697 bits per heavy atom. The van der Waals surface area contributed by atoms with Gasteiger partial charge in [-0.15, -0.1) is 0 Å². The van der Waals surface area contributed by atoms with Crippen molar-refractivity contribution in [3.8, 4) is 11.5 Å². The first-order valence-corrected chi connectivity index (χ1v) is 10.8. The maximum absolute atomic E-state index is 12.0. The lowest BCUT2D eigenvalue weighted by atomic mass is 10.2. The van der Waals surface area contributed by atoms with E-state index in [1.54, 1.807) is 62.8 Å². The van der Waals surface area contributed by atoms with E-state index in [0.717, 1.165) is 0 Å². The van der Waals surface area contributed by atoms with Gasteiger partial charge in [-0.1, -0.05) is 0 Å². The number of hydrogen-bond donors (Lipinski definition) is 4. The molecule has 2 rings (SSSR count). The van der Waals surface area contributed by atoms with Gasteiger partial charge in [0, 0.05) is 37.7 Å². The van der Waals surface area contributed by atoms with Crippen molar-refractivity contribution >= 4 is 23.2 Å². The van der Waals surface area contributed by atoms with Crippen LogP contribution in [0.4, 0.5) is 11.4 Å². The zero-order valence-corrected chi connectivity index (χ0v) is 19.6. The molecule has 180 valence electrons. The van der Waals surface area contributed by atoms with Gasteiger partial charge >= 0.3 is 0 Å². The fourth-order valence-electron chi connectivity index (χ4n) is 2.91. The Morgan fingerprint density at radius 2 is 1.06 bits per heavy atom. The van der Waals surface area contributed by atoms with Crippen molar-refractivity contribution < 1.29 is 23.8 Å². The highest BCUT2D eigenvalue weighted by atomic mass is 16.5. The Morgan fingerprint density at radius 3 is 1.39 bits per heavy atom. The molecule has 0 fully saturated rings. The van der Waals surface area contributed by atoms with Crippen molar-refractivity contribution in [3.63, 3.8) is 0 Å². The number of nitrogens with one attached hydrogen (secondary N) is 4. The molecule has 2 amide bonds. The molecule has 0 aliphatic heterocycles. The third kappa shape index (κ3) is 10.5. The summed E-state index contributed by atoms with van der Waals surface area (Å²) in [4.78, 5) is 24.0. The summed E-state index contributed by atoms with van der Waals surface area (Å²) in [6.45, 7) is 5.38. The van der Waals surface area contributed by atoms with Gasteiger partial charge in [-0.2, -0.15) is 0 Å². The number of methoxy groups -OCH3 is 2. The van der Waals surface area contributed by atoms with Crippen LogP contribution in [0.25, 0.3) is 0 Å². The first-order valence-electron chi connectivity index (χ1n) is 10.8. The molecule has 9 nitrogen and oxygen atoms in total. The molecule has 0 heterocycles. The molecule has 33 heavy (non-hydrogen) atoms. The van der Waals surface area contributed by atoms with E-state index in [0.29, 0.717) is 36.1 Å². The van der Waals surface area contributed by atoms with Crippen LogP contribution in [0.1, 0.15) is 13.8 Å². The SMILES string of the molecule is COC[C@@H](C)NCC(=O)Nc1ccc(Oc2ccc(NC(=O)CN[C@@H](C)COC)cc2)cc1. The van der Waals surface area contributed by atoms with Crippen molar-refractivity contribution in [2.45, 2.75) is 25.9 Å². The molecular weight excluding hydrogens is 424 g/mol. The smallest absolute Gasteiger partial charge is 0.238 e. The van der Waals surface area contributed by atoms with E-state index in [-0.39, 0.29) is 37.0 Å². The van der Waals surface area contributed by atoms with Crippen LogP contribution in [-0.2, 0) is 19.1 Å². The van der Waals surface area contributed by atoms with Gasteiger partial charge in [-0.3, -0.25) is 9.59 Å². The summed E-state index contributed by atoms with van der Waals surface area (Å²) >= 11 is 0. The van der Waals surface area contributed by atoms with Crippen LogP contribution in [0.5, 0.6) is 11.5 Å². The van der Waals surface area contributed by atoms with E-state index >= 15 is 0 Å². The lowest BCUT2D eigenvalue weighted by Crippen LogP contribution is -2.36. The molecule has 0 aliphatic carbocycles. The Bertz CT molecular complexity index is 787. The average Bonchev–Trinajstić information content (AvgIpc) is 2.79. The molecule has 2 aromatic carbocycles. The maximum Gasteiger partial charge on any atom is 0.238 e. The minimum absolute atomic E-state index is 0.0949. The van der Waals surface area contributed by atoms with Crippen LogP contribution in [0.2, 0.25) is 0 Å². The quantitative estimate of drug-likeness (QED) is 0.344. The number of amides is 2. The Labute approximate surface area is 195 Å². The predicted molar refractivity (Wildman–Crippen MR) is 129 cm³/mol. The Kier molecular flexibility index (Phi) is 11.3. The van der Waals surface area contributed by atoms with Crippen molar-refractivity contribution in [2.75, 3.05) is 51.2 Å². The number of rotatable bonds is 14. The Hall–Kier alpha value is -2.98. The number of carbonyl (C=O) groups excluding carboxylic acids is 2. The molecule has 0 unspecified atom stereocenters. The van der Waals surface area contributed by atoms with Crippen LogP contribution < -0.4 is 26.0 Å². The third-order valence-electron chi connectivity index (χ3n) is 4.57. The van der Waals surface area contributed by atoms with Crippen LogP contribution >= 0.6 is 0 Å². The summed E-state index contributed by atoms with van der Waals surface area (Å²) in [5.41, 5.74) is 1.36. The lowest BCUT2D eigenvalue weighted by Gasteiger charge is -2.13. The van der Waals surface area contributed by atoms with Gasteiger partial charge in [0.15, 0.2) is 0 Å². The van der Waals surface area contributed by atoms with E-state index in [1.165, 1.54) is 0 Å². The van der Waals surface area contributed by atoms with Gasteiger partial charge in [0.25, 0.3) is 0 Å². The summed E-state index contributed by atoms with van der Waals surface area (Å²) in [6, 6.07) is 14.4. The van der Waals surface area contributed by atoms with E-state index in [1.807, 2.05) is 13.8 Å². The van der Waals surface area contributed by atoms with E-state index in [2.05, 4.69) is 21.3 Å². The molecule has 2 atom stereocenters. The number of hydrogen-bond acceptors (Lipinski definition) is 7. The van der Waals surface area contributed by atoms with Gasteiger partial charge in [0.1, 0.15) is 11.5 Å². The van der Waals surface area contributed by atoms with Gasteiger partial charge in [0.2, 0.25) is 11.8 Å². The first-order chi connectivity index (χ1) is 15.9. The zero-order valence-electron chi connectivity index (χ0n) is 19.6. The summed E-state index contributed by atoms with van der Waals surface area (Å²) in [5, 5.41) is 11.8. The second kappa shape index (κ2) is 14.2. The standard InChI is InChI=1S/C24H34N4O5/c1-17(15-31-3)25-13-23(29)27-19-5-9-21(10-6-19)33-22-11-7-20(8-12-22)28-24(30)14-26-18(2)16-32-4/h5-12,17-18,25-26H,13-16H2,1-4H3,(H,27,29)(H,28,30)/t17-,18+. The predicted octanol–water partition coefficient (Wildman–Crippen LogP) is 2.60. The van der Waals surface area contributed by atoms with E-state index < -0.39 is 0 Å². The molecule has 4 N–H and O–H groups in total. The highest BCUT2D eigenvalue weighted by Gasteiger charge is 2.08. The van der Waals surface area contributed by atoms with Gasteiger partial charge < -0.3 is 35.5 Å². The van der Waals surface area contributed by atoms with E-state index in [4.69, 9.17) is 14.2 Å². The second-order valence-electron chi connectivity index (χ2n) is 7.72. The topological polar surface area (TPSA) is 110 Å². The lowest BCUT2D eigenvalue weighted by molar-refractivity contribution is -0.116. The first kappa shape index (κ1) is 26.3. The number of ether oxygens (including phenoxy) is 3. The normalized spacial score (nSPS) is 12.6. The highest BCUT2D eigenvalue weighted by Crippen LogP contribution is 2.24. The molecule has 0 saturated heterocycles. The molecule has 0 saturated carbocycles. The molecule has 0 aliphatic rings. The van der Waals surface area contributed by atoms with Gasteiger partial charge in [-0.05, 0) is 62.4 Å². The molecule has 0 aromatic heterocycles. The second-order valence-corrected chi connectivity index (χ2v) is 7.72. The highest BCUT2D eigenvalue weighted by molar-refractivity contribution is 5.92. The van der Waals surface area contributed by atoms with Gasteiger partial charge in [-0.25, -0.2) is 0 Å². The van der Waals surface area contributed by atoms with Crippen LogP contribution in [0.15, 0.2) is 48.5 Å². The molecule has 0 radical (unpaired) electrons. The minimum Gasteiger partial charge on any atom is -0.457 e. The fourth-order valence-corrected chi connectivity index (χ4v) is 2.91. The summed E-state index contributed by atoms with van der Waals surface area (Å²) in [7, 11) is 3.25. The number of carbonyl (C=O) groups is 2. The molecule has 2 aromatic rings. The largest absolute Gasteiger partial charge is 0.457 e. The molecule has 0 spiro atoms. The van der Waals surface area contributed by atoms with Crippen molar-refractivity contribution in [3.05, 3.63) is 48.5 Å². The molecule has 0 bridgehead atoms. The van der Waals surface area contributed by atoms with Crippen molar-refractivity contribution in [1.29, 1.82) is 0 Å². The average molecular weight is 459 g/mol. The number of anilines is 2. The van der Waals surface area contributed by atoms with Crippen molar-refractivity contribution in [2.24, 2.45) is 0 Å². The maximum atomic E-state index is 12.0. The van der Waals surface area contributed by atoms with E-state index in [9.17, 15) is 9.59 Å². The van der Waals surface area contributed by atoms with Crippen LogP contribution in [0, 0.1) is 0 Å². The third-order valence-corrected chi connectivity index (χ3v) is 4.57. The van der Waals surface area contributed by atoms with Gasteiger partial charge in [0.05, 0.1) is 26.3 Å². The zero-order chi connectivity index (χ0) is 24.1. The summed E-state index contributed by atoms with van der Waals surface area (Å²) in [5.74, 6) is 1.00. The Balaban J connectivity index is 1.78. The minimum atomic E-state index is -0.132. The number of benzene rings is 2. The van der Waals surface area contributed by atoms with Crippen LogP contribution in [-0.4, -0.2) is 64.4 Å². The summed E-state index contributed by atoms with van der Waals surface area (Å²) in [6.07, 6.45) is 0. The monoisotopic (exact) mass is 458 g/mol. The fraction of sp³-hybridized carbons (Fsp3) is 0.417.